The molecule has 0 N–H and O–H groups in total. The second-order valence-electron chi connectivity index (χ2n) is 5.24. The third kappa shape index (κ3) is 2.65. The summed E-state index contributed by atoms with van der Waals surface area (Å²) >= 11 is 0. The molecule has 0 bridgehead atoms. The van der Waals surface area contributed by atoms with Gasteiger partial charge in [0.1, 0.15) is 17.3 Å². The Morgan fingerprint density at radius 1 is 1.09 bits per heavy atom. The molecule has 5 heteroatoms. The topological polar surface area (TPSA) is 49.2 Å². The highest BCUT2D eigenvalue weighted by Crippen LogP contribution is 2.35. The number of ether oxygens (including phenoxy) is 2. The Morgan fingerprint density at radius 3 is 2.57 bits per heavy atom. The molecule has 0 radical (unpaired) electrons. The van der Waals surface area contributed by atoms with E-state index in [1.165, 1.54) is 0 Å². The van der Waals surface area contributed by atoms with Crippen LogP contribution >= 0.6 is 0 Å². The molecule has 23 heavy (non-hydrogen) atoms. The quantitative estimate of drug-likeness (QED) is 0.740. The Morgan fingerprint density at radius 2 is 1.91 bits per heavy atom. The van der Waals surface area contributed by atoms with E-state index in [-0.39, 0.29) is 0 Å². The van der Waals surface area contributed by atoms with Crippen LogP contribution in [0, 0.1) is 6.92 Å². The summed E-state index contributed by atoms with van der Waals surface area (Å²) in [4.78, 5) is 9.00. The van der Waals surface area contributed by atoms with Crippen molar-refractivity contribution < 1.29 is 9.47 Å². The second kappa shape index (κ2) is 6.12. The van der Waals surface area contributed by atoms with Gasteiger partial charge < -0.3 is 14.0 Å². The Labute approximate surface area is 135 Å². The molecule has 0 fully saturated rings. The first-order valence-corrected chi connectivity index (χ1v) is 7.31. The summed E-state index contributed by atoms with van der Waals surface area (Å²) in [6, 6.07) is 9.66. The van der Waals surface area contributed by atoms with Crippen molar-refractivity contribution in [1.82, 2.24) is 14.5 Å². The van der Waals surface area contributed by atoms with Gasteiger partial charge in [-0.15, -0.1) is 0 Å². The summed E-state index contributed by atoms with van der Waals surface area (Å²) in [6.07, 6.45) is 3.58. The van der Waals surface area contributed by atoms with E-state index in [0.717, 1.165) is 39.8 Å². The van der Waals surface area contributed by atoms with Crippen LogP contribution in [0.3, 0.4) is 0 Å². The molecular formula is C18H19N3O2. The van der Waals surface area contributed by atoms with Gasteiger partial charge in [0.05, 0.1) is 25.5 Å². The standard InChI is InChI=1S/C18H19N3O2/c1-12-17(13-6-5-9-19-11-13)20-18(21(12)2)15-8-7-14(22-3)10-16(15)23-4/h5-11H,1-4H3. The lowest BCUT2D eigenvalue weighted by molar-refractivity contribution is 0.395. The van der Waals surface area contributed by atoms with E-state index in [2.05, 4.69) is 16.5 Å². The van der Waals surface area contributed by atoms with Crippen molar-refractivity contribution in [1.29, 1.82) is 0 Å². The van der Waals surface area contributed by atoms with Crippen molar-refractivity contribution in [2.75, 3.05) is 14.2 Å². The summed E-state index contributed by atoms with van der Waals surface area (Å²) in [5, 5.41) is 0. The number of nitrogens with zero attached hydrogens (tertiary/aromatic N) is 3. The van der Waals surface area contributed by atoms with Crippen molar-refractivity contribution in [3.05, 3.63) is 48.4 Å². The molecule has 1 aromatic carbocycles. The number of hydrogen-bond donors (Lipinski definition) is 0. The summed E-state index contributed by atoms with van der Waals surface area (Å²) in [5.74, 6) is 2.33. The monoisotopic (exact) mass is 309 g/mol. The number of pyridine rings is 1. The van der Waals surface area contributed by atoms with E-state index < -0.39 is 0 Å². The molecule has 0 amide bonds. The zero-order valence-electron chi connectivity index (χ0n) is 13.7. The fourth-order valence-electron chi connectivity index (χ4n) is 2.58. The minimum absolute atomic E-state index is 0.732. The van der Waals surface area contributed by atoms with Crippen LogP contribution in [0.2, 0.25) is 0 Å². The molecular weight excluding hydrogens is 290 g/mol. The van der Waals surface area contributed by atoms with Crippen LogP contribution in [0.25, 0.3) is 22.6 Å². The van der Waals surface area contributed by atoms with Gasteiger partial charge in [-0.25, -0.2) is 4.98 Å². The van der Waals surface area contributed by atoms with Crippen molar-refractivity contribution in [3.63, 3.8) is 0 Å². The fraction of sp³-hybridized carbons (Fsp3) is 0.222. The normalized spacial score (nSPS) is 10.6. The third-order valence-electron chi connectivity index (χ3n) is 3.97. The first-order valence-electron chi connectivity index (χ1n) is 7.31. The number of imidazole rings is 1. The van der Waals surface area contributed by atoms with Crippen LogP contribution in [-0.4, -0.2) is 28.8 Å². The highest BCUT2D eigenvalue weighted by molar-refractivity contribution is 5.71. The third-order valence-corrected chi connectivity index (χ3v) is 3.97. The largest absolute Gasteiger partial charge is 0.497 e. The second-order valence-corrected chi connectivity index (χ2v) is 5.24. The van der Waals surface area contributed by atoms with E-state index in [9.17, 15) is 0 Å². The molecule has 3 aromatic rings. The summed E-state index contributed by atoms with van der Waals surface area (Å²) in [5.41, 5.74) is 3.92. The lowest BCUT2D eigenvalue weighted by Crippen LogP contribution is -1.97. The zero-order chi connectivity index (χ0) is 16.4. The van der Waals surface area contributed by atoms with Crippen molar-refractivity contribution in [3.8, 4) is 34.1 Å². The lowest BCUT2D eigenvalue weighted by Gasteiger charge is -2.10. The number of methoxy groups -OCH3 is 2. The fourth-order valence-corrected chi connectivity index (χ4v) is 2.58. The van der Waals surface area contributed by atoms with Crippen molar-refractivity contribution in [2.24, 2.45) is 7.05 Å². The molecule has 2 aromatic heterocycles. The van der Waals surface area contributed by atoms with Gasteiger partial charge >= 0.3 is 0 Å². The van der Waals surface area contributed by atoms with E-state index >= 15 is 0 Å². The molecule has 0 atom stereocenters. The van der Waals surface area contributed by atoms with Crippen LogP contribution in [0.1, 0.15) is 5.69 Å². The summed E-state index contributed by atoms with van der Waals surface area (Å²) in [6.45, 7) is 2.05. The SMILES string of the molecule is COc1ccc(-c2nc(-c3cccnc3)c(C)n2C)c(OC)c1. The van der Waals surface area contributed by atoms with Gasteiger partial charge in [0.2, 0.25) is 0 Å². The predicted octanol–water partition coefficient (Wildman–Crippen LogP) is 3.47. The van der Waals surface area contributed by atoms with Crippen molar-refractivity contribution in [2.45, 2.75) is 6.92 Å². The molecule has 0 spiro atoms. The summed E-state index contributed by atoms with van der Waals surface area (Å²) < 4.78 is 12.8. The van der Waals surface area contributed by atoms with Gasteiger partial charge in [-0.2, -0.15) is 0 Å². The molecule has 0 aliphatic rings. The van der Waals surface area contributed by atoms with Crippen LogP contribution < -0.4 is 9.47 Å². The first kappa shape index (κ1) is 15.1. The molecule has 0 aliphatic carbocycles. The molecule has 0 saturated heterocycles. The Hall–Kier alpha value is -2.82. The molecule has 0 saturated carbocycles. The average Bonchev–Trinajstić information content (AvgIpc) is 2.90. The maximum atomic E-state index is 5.51. The van der Waals surface area contributed by atoms with E-state index in [4.69, 9.17) is 14.5 Å². The minimum atomic E-state index is 0.732. The van der Waals surface area contributed by atoms with E-state index in [1.54, 1.807) is 20.4 Å². The van der Waals surface area contributed by atoms with Gasteiger partial charge in [0.15, 0.2) is 0 Å². The molecule has 0 unspecified atom stereocenters. The number of benzene rings is 1. The Balaban J connectivity index is 2.15. The Kier molecular flexibility index (Phi) is 4.02. The smallest absolute Gasteiger partial charge is 0.144 e. The van der Waals surface area contributed by atoms with Gasteiger partial charge in [-0.3, -0.25) is 4.98 Å². The maximum absolute atomic E-state index is 5.51. The molecule has 5 nitrogen and oxygen atoms in total. The molecule has 0 aliphatic heterocycles. The minimum Gasteiger partial charge on any atom is -0.497 e. The molecule has 118 valence electrons. The number of aromatic nitrogens is 3. The number of rotatable bonds is 4. The number of hydrogen-bond acceptors (Lipinski definition) is 4. The van der Waals surface area contributed by atoms with E-state index in [0.29, 0.717) is 0 Å². The van der Waals surface area contributed by atoms with Crippen LogP contribution in [0.15, 0.2) is 42.7 Å². The van der Waals surface area contributed by atoms with Crippen LogP contribution in [0.4, 0.5) is 0 Å². The average molecular weight is 309 g/mol. The highest BCUT2D eigenvalue weighted by Gasteiger charge is 2.17. The van der Waals surface area contributed by atoms with Gasteiger partial charge in [-0.1, -0.05) is 0 Å². The van der Waals surface area contributed by atoms with Crippen molar-refractivity contribution >= 4 is 0 Å². The van der Waals surface area contributed by atoms with Crippen LogP contribution in [-0.2, 0) is 7.05 Å². The molecule has 3 rings (SSSR count). The van der Waals surface area contributed by atoms with Gasteiger partial charge in [-0.05, 0) is 31.2 Å². The highest BCUT2D eigenvalue weighted by atomic mass is 16.5. The van der Waals surface area contributed by atoms with Gasteiger partial charge in [0.25, 0.3) is 0 Å². The predicted molar refractivity (Wildman–Crippen MR) is 89.7 cm³/mol. The summed E-state index contributed by atoms with van der Waals surface area (Å²) in [7, 11) is 5.29. The maximum Gasteiger partial charge on any atom is 0.144 e. The zero-order valence-corrected chi connectivity index (χ0v) is 13.7. The Bertz CT molecular complexity index is 826. The molecule has 2 heterocycles. The van der Waals surface area contributed by atoms with Gasteiger partial charge in [0, 0.05) is 36.8 Å². The van der Waals surface area contributed by atoms with E-state index in [1.807, 2.05) is 43.6 Å². The first-order chi connectivity index (χ1) is 11.2. The lowest BCUT2D eigenvalue weighted by atomic mass is 10.1. The van der Waals surface area contributed by atoms with Crippen LogP contribution in [0.5, 0.6) is 11.5 Å².